The predicted molar refractivity (Wildman–Crippen MR) is 142 cm³/mol. The highest BCUT2D eigenvalue weighted by Gasteiger charge is 2.29. The minimum atomic E-state index is -0.583. The smallest absolute Gasteiger partial charge is 0.362 e. The van der Waals surface area contributed by atoms with Crippen molar-refractivity contribution in [3.05, 3.63) is 93.9 Å². The molecule has 0 spiro atoms. The molecule has 0 saturated heterocycles. The lowest BCUT2D eigenvalue weighted by molar-refractivity contribution is 0.0716. The van der Waals surface area contributed by atoms with Crippen LogP contribution in [0.2, 0.25) is 5.15 Å². The second-order valence-electron chi connectivity index (χ2n) is 10.4. The molecule has 8 heteroatoms. The molecule has 0 aliphatic heterocycles. The fourth-order valence-corrected chi connectivity index (χ4v) is 4.23. The first kappa shape index (κ1) is 25.0. The number of carbonyl (C=O) groups excluding carboxylic acids is 1. The summed E-state index contributed by atoms with van der Waals surface area (Å²) in [6.45, 7) is 8.56. The lowest BCUT2D eigenvalue weighted by Crippen LogP contribution is -2.17. The number of aryl methyl sites for hydroxylation is 1. The molecule has 5 rings (SSSR count). The molecule has 0 N–H and O–H groups in total. The van der Waals surface area contributed by atoms with Gasteiger partial charge in [0.05, 0.1) is 12.2 Å². The van der Waals surface area contributed by atoms with E-state index < -0.39 is 5.97 Å². The normalized spacial score (nSPS) is 13.4. The van der Waals surface area contributed by atoms with Crippen molar-refractivity contribution in [1.82, 2.24) is 20.0 Å². The Hall–Kier alpha value is -3.71. The van der Waals surface area contributed by atoms with Crippen molar-refractivity contribution >= 4 is 17.6 Å². The molecule has 0 atom stereocenters. The topological polar surface area (TPSA) is 79.1 Å². The van der Waals surface area contributed by atoms with Gasteiger partial charge in [-0.05, 0) is 48.4 Å². The van der Waals surface area contributed by atoms with Gasteiger partial charge in [0.15, 0.2) is 10.9 Å². The standard InChI is InChI=1S/C29H29ClN4O3/c1-18-9-8-12-21(20-13-14-20)26(18)37-27-23(16-25(30)31-32-27)36-28(35)22-15-24(29(2,3)4)33-34(22)17-19-10-6-5-7-11-19/h5-12,15-16,20H,13-14,17H2,1-4H3. The largest absolute Gasteiger partial charge is 0.434 e. The highest BCUT2D eigenvalue weighted by atomic mass is 35.5. The van der Waals surface area contributed by atoms with Crippen LogP contribution < -0.4 is 9.47 Å². The van der Waals surface area contributed by atoms with Gasteiger partial charge in [-0.2, -0.15) is 5.10 Å². The maximum absolute atomic E-state index is 13.5. The Balaban J connectivity index is 1.47. The Labute approximate surface area is 221 Å². The molecule has 2 aromatic carbocycles. The number of para-hydroxylation sites is 1. The third-order valence-corrected chi connectivity index (χ3v) is 6.48. The van der Waals surface area contributed by atoms with E-state index in [1.807, 2.05) is 49.4 Å². The molecule has 1 aliphatic rings. The van der Waals surface area contributed by atoms with Crippen LogP contribution in [-0.2, 0) is 12.0 Å². The summed E-state index contributed by atoms with van der Waals surface area (Å²) in [5.74, 6) is 0.770. The maximum atomic E-state index is 13.5. The van der Waals surface area contributed by atoms with Gasteiger partial charge in [0, 0.05) is 11.5 Å². The number of ether oxygens (including phenoxy) is 2. The van der Waals surface area contributed by atoms with E-state index in [1.165, 1.54) is 6.07 Å². The molecule has 2 heterocycles. The van der Waals surface area contributed by atoms with Gasteiger partial charge < -0.3 is 9.47 Å². The van der Waals surface area contributed by atoms with Crippen molar-refractivity contribution < 1.29 is 14.3 Å². The number of hydrogen-bond donors (Lipinski definition) is 0. The first-order valence-electron chi connectivity index (χ1n) is 12.3. The quantitative estimate of drug-likeness (QED) is 0.249. The van der Waals surface area contributed by atoms with E-state index in [9.17, 15) is 4.79 Å². The molecule has 1 saturated carbocycles. The van der Waals surface area contributed by atoms with Crippen LogP contribution in [0.25, 0.3) is 0 Å². The minimum absolute atomic E-state index is 0.0825. The van der Waals surface area contributed by atoms with E-state index in [0.29, 0.717) is 23.9 Å². The average Bonchev–Trinajstić information content (AvgIpc) is 3.61. The van der Waals surface area contributed by atoms with Gasteiger partial charge in [0.25, 0.3) is 5.88 Å². The third kappa shape index (κ3) is 5.67. The summed E-state index contributed by atoms with van der Waals surface area (Å²) in [5.41, 5.74) is 3.95. The Morgan fingerprint density at radius 2 is 1.81 bits per heavy atom. The molecule has 0 radical (unpaired) electrons. The summed E-state index contributed by atoms with van der Waals surface area (Å²) in [7, 11) is 0. The Morgan fingerprint density at radius 3 is 2.51 bits per heavy atom. The highest BCUT2D eigenvalue weighted by molar-refractivity contribution is 6.29. The predicted octanol–water partition coefficient (Wildman–Crippen LogP) is 6.87. The van der Waals surface area contributed by atoms with Gasteiger partial charge in [0.2, 0.25) is 0 Å². The lowest BCUT2D eigenvalue weighted by Gasteiger charge is -2.15. The first-order valence-corrected chi connectivity index (χ1v) is 12.7. The summed E-state index contributed by atoms with van der Waals surface area (Å²) in [4.78, 5) is 13.5. The highest BCUT2D eigenvalue weighted by Crippen LogP contribution is 2.47. The molecular formula is C29H29ClN4O3. The minimum Gasteiger partial charge on any atom is -0.434 e. The van der Waals surface area contributed by atoms with E-state index in [0.717, 1.165) is 35.2 Å². The molecule has 7 nitrogen and oxygen atoms in total. The SMILES string of the molecule is Cc1cccc(C2CC2)c1Oc1nnc(Cl)cc1OC(=O)c1cc(C(C)(C)C)nn1Cc1ccccc1. The molecule has 0 unspecified atom stereocenters. The van der Waals surface area contributed by atoms with Gasteiger partial charge in [-0.3, -0.25) is 4.68 Å². The zero-order chi connectivity index (χ0) is 26.2. The summed E-state index contributed by atoms with van der Waals surface area (Å²) in [5, 5.41) is 12.9. The first-order chi connectivity index (χ1) is 17.7. The summed E-state index contributed by atoms with van der Waals surface area (Å²) in [6.07, 6.45) is 2.24. The average molecular weight is 517 g/mol. The summed E-state index contributed by atoms with van der Waals surface area (Å²) >= 11 is 6.14. The molecule has 4 aromatic rings. The number of carbonyl (C=O) groups is 1. The number of aromatic nitrogens is 4. The molecule has 0 amide bonds. The van der Waals surface area contributed by atoms with Gasteiger partial charge in [-0.25, -0.2) is 4.79 Å². The molecule has 37 heavy (non-hydrogen) atoms. The van der Waals surface area contributed by atoms with E-state index in [2.05, 4.69) is 37.0 Å². The number of esters is 1. The van der Waals surface area contributed by atoms with E-state index in [4.69, 9.17) is 26.2 Å². The second kappa shape index (κ2) is 9.98. The van der Waals surface area contributed by atoms with Crippen molar-refractivity contribution in [2.45, 2.75) is 58.4 Å². The Kier molecular flexibility index (Phi) is 6.73. The molecule has 1 fully saturated rings. The van der Waals surface area contributed by atoms with Crippen LogP contribution in [0.4, 0.5) is 0 Å². The number of hydrogen-bond acceptors (Lipinski definition) is 6. The molecule has 0 bridgehead atoms. The van der Waals surface area contributed by atoms with Crippen LogP contribution in [0.1, 0.15) is 72.4 Å². The van der Waals surface area contributed by atoms with Crippen molar-refractivity contribution in [2.24, 2.45) is 0 Å². The second-order valence-corrected chi connectivity index (χ2v) is 10.8. The third-order valence-electron chi connectivity index (χ3n) is 6.29. The number of nitrogens with zero attached hydrogens (tertiary/aromatic N) is 4. The van der Waals surface area contributed by atoms with Crippen LogP contribution in [0.15, 0.2) is 60.7 Å². The van der Waals surface area contributed by atoms with Gasteiger partial charge >= 0.3 is 5.97 Å². The summed E-state index contributed by atoms with van der Waals surface area (Å²) in [6, 6.07) is 19.1. The van der Waals surface area contributed by atoms with Crippen LogP contribution >= 0.6 is 11.6 Å². The molecular weight excluding hydrogens is 488 g/mol. The zero-order valence-corrected chi connectivity index (χ0v) is 22.1. The Morgan fingerprint density at radius 1 is 1.05 bits per heavy atom. The van der Waals surface area contributed by atoms with Crippen LogP contribution in [0.3, 0.4) is 0 Å². The molecule has 190 valence electrons. The van der Waals surface area contributed by atoms with Crippen LogP contribution in [0, 0.1) is 6.92 Å². The van der Waals surface area contributed by atoms with E-state index in [1.54, 1.807) is 10.7 Å². The van der Waals surface area contributed by atoms with E-state index >= 15 is 0 Å². The van der Waals surface area contributed by atoms with Crippen LogP contribution in [0.5, 0.6) is 17.4 Å². The fourth-order valence-electron chi connectivity index (χ4n) is 4.09. The van der Waals surface area contributed by atoms with Crippen molar-refractivity contribution in [1.29, 1.82) is 0 Å². The van der Waals surface area contributed by atoms with E-state index in [-0.39, 0.29) is 22.2 Å². The monoisotopic (exact) mass is 516 g/mol. The van der Waals surface area contributed by atoms with Gasteiger partial charge in [0.1, 0.15) is 11.4 Å². The zero-order valence-electron chi connectivity index (χ0n) is 21.4. The number of rotatable bonds is 7. The van der Waals surface area contributed by atoms with Gasteiger partial charge in [-0.15, -0.1) is 10.2 Å². The van der Waals surface area contributed by atoms with Crippen molar-refractivity contribution in [3.8, 4) is 17.4 Å². The van der Waals surface area contributed by atoms with Crippen LogP contribution in [-0.4, -0.2) is 25.9 Å². The van der Waals surface area contributed by atoms with Gasteiger partial charge in [-0.1, -0.05) is 80.9 Å². The number of benzene rings is 2. The molecule has 2 aromatic heterocycles. The molecule has 1 aliphatic carbocycles. The van der Waals surface area contributed by atoms with Crippen molar-refractivity contribution in [2.75, 3.05) is 0 Å². The summed E-state index contributed by atoms with van der Waals surface area (Å²) < 4.78 is 13.7. The lowest BCUT2D eigenvalue weighted by atomic mass is 9.92. The van der Waals surface area contributed by atoms with Crippen molar-refractivity contribution in [3.63, 3.8) is 0 Å². The Bertz CT molecular complexity index is 1440. The number of halogens is 1. The fraction of sp³-hybridized carbons (Fsp3) is 0.310. The maximum Gasteiger partial charge on any atom is 0.362 e.